The molecule has 4 rings (SSSR count). The third kappa shape index (κ3) is 8.47. The molecule has 0 unspecified atom stereocenters. The van der Waals surface area contributed by atoms with Crippen LogP contribution >= 0.6 is 0 Å². The van der Waals surface area contributed by atoms with Gasteiger partial charge in [-0.1, -0.05) is 55.1 Å². The summed E-state index contributed by atoms with van der Waals surface area (Å²) in [6.07, 6.45) is 1.69. The van der Waals surface area contributed by atoms with Crippen molar-refractivity contribution in [3.8, 4) is 23.0 Å². The van der Waals surface area contributed by atoms with Gasteiger partial charge in [0.25, 0.3) is 0 Å². The van der Waals surface area contributed by atoms with E-state index in [4.69, 9.17) is 29.4 Å². The van der Waals surface area contributed by atoms with E-state index in [1.54, 1.807) is 38.3 Å². The Kier molecular flexibility index (Phi) is 11.5. The number of hydrogen-bond donors (Lipinski definition) is 1. The minimum Gasteiger partial charge on any atom is -0.493 e. The van der Waals surface area contributed by atoms with Gasteiger partial charge in [-0.3, -0.25) is 0 Å². The monoisotopic (exact) mass is 596 g/mol. The number of benzene rings is 4. The molecule has 230 valence electrons. The quantitative estimate of drug-likeness (QED) is 0.0825. The molecule has 0 aliphatic rings. The standard InChI is InChI=1S/C36H40N2O6/c1-5-19-42-34-17-14-28(21-35(34)40-4)25-44-33-16-13-27(20-31(33)38(6-2)23-26-11-9-8-10-12-26)24-43-32-18-15-29(22-30(32)37)36(39)41-7-3/h5,8-18,20-22H,1,6-7,19,23-25,37H2,2-4H3. The molecule has 0 radical (unpaired) electrons. The molecule has 0 aliphatic carbocycles. The molecule has 0 atom stereocenters. The summed E-state index contributed by atoms with van der Waals surface area (Å²) in [6.45, 7) is 10.4. The van der Waals surface area contributed by atoms with Crippen LogP contribution in [0.15, 0.2) is 97.6 Å². The average Bonchev–Trinajstić information content (AvgIpc) is 3.05. The number of nitrogens with zero attached hydrogens (tertiary/aromatic N) is 1. The normalized spacial score (nSPS) is 10.5. The molecule has 0 fully saturated rings. The molecule has 0 amide bonds. The minimum absolute atomic E-state index is 0.280. The SMILES string of the molecule is C=CCOc1ccc(COc2ccc(COc3ccc(C(=O)OCC)cc3N)cc2N(CC)Cc2ccccc2)cc1OC. The molecule has 0 heterocycles. The van der Waals surface area contributed by atoms with Crippen LogP contribution in [0.1, 0.15) is 40.9 Å². The highest BCUT2D eigenvalue weighted by atomic mass is 16.5. The van der Waals surface area contributed by atoms with E-state index in [2.05, 4.69) is 36.6 Å². The molecular weight excluding hydrogens is 556 g/mol. The van der Waals surface area contributed by atoms with Crippen molar-refractivity contribution >= 4 is 17.3 Å². The lowest BCUT2D eigenvalue weighted by atomic mass is 10.1. The van der Waals surface area contributed by atoms with Crippen LogP contribution in [-0.2, 0) is 24.5 Å². The Balaban J connectivity index is 1.56. The Morgan fingerprint density at radius 3 is 2.14 bits per heavy atom. The highest BCUT2D eigenvalue weighted by Crippen LogP contribution is 2.34. The average molecular weight is 597 g/mol. The topological polar surface area (TPSA) is 92.5 Å². The van der Waals surface area contributed by atoms with E-state index in [0.717, 1.165) is 29.1 Å². The Hall–Kier alpha value is -5.11. The van der Waals surface area contributed by atoms with Gasteiger partial charge in [0.1, 0.15) is 31.3 Å². The zero-order chi connectivity index (χ0) is 31.3. The first-order chi connectivity index (χ1) is 21.4. The molecule has 0 saturated carbocycles. The molecular formula is C36H40N2O6. The summed E-state index contributed by atoms with van der Waals surface area (Å²) in [5, 5.41) is 0. The van der Waals surface area contributed by atoms with Gasteiger partial charge in [0, 0.05) is 13.1 Å². The van der Waals surface area contributed by atoms with Crippen LogP contribution in [0.4, 0.5) is 11.4 Å². The van der Waals surface area contributed by atoms with Gasteiger partial charge in [0.05, 0.1) is 30.7 Å². The molecule has 2 N–H and O–H groups in total. The van der Waals surface area contributed by atoms with E-state index in [9.17, 15) is 4.79 Å². The van der Waals surface area contributed by atoms with Crippen molar-refractivity contribution in [2.45, 2.75) is 33.6 Å². The summed E-state index contributed by atoms with van der Waals surface area (Å²) < 4.78 is 28.7. The number of nitrogens with two attached hydrogens (primary N) is 1. The summed E-state index contributed by atoms with van der Waals surface area (Å²) in [6, 6.07) is 27.0. The third-order valence-corrected chi connectivity index (χ3v) is 6.86. The zero-order valence-corrected chi connectivity index (χ0v) is 25.6. The van der Waals surface area contributed by atoms with Crippen LogP contribution in [0.25, 0.3) is 0 Å². The van der Waals surface area contributed by atoms with Gasteiger partial charge < -0.3 is 34.3 Å². The second-order valence-corrected chi connectivity index (χ2v) is 9.94. The number of rotatable bonds is 16. The molecule has 0 saturated heterocycles. The van der Waals surface area contributed by atoms with Crippen molar-refractivity contribution < 1.29 is 28.5 Å². The predicted octanol–water partition coefficient (Wildman–Crippen LogP) is 7.20. The first kappa shape index (κ1) is 31.8. The van der Waals surface area contributed by atoms with Crippen molar-refractivity contribution in [1.82, 2.24) is 0 Å². The highest BCUT2D eigenvalue weighted by molar-refractivity contribution is 5.91. The van der Waals surface area contributed by atoms with Crippen molar-refractivity contribution in [2.24, 2.45) is 0 Å². The summed E-state index contributed by atoms with van der Waals surface area (Å²) in [5.41, 5.74) is 11.0. The van der Waals surface area contributed by atoms with Gasteiger partial charge in [-0.2, -0.15) is 0 Å². The van der Waals surface area contributed by atoms with Crippen LogP contribution in [0.5, 0.6) is 23.0 Å². The zero-order valence-electron chi connectivity index (χ0n) is 25.6. The summed E-state index contributed by atoms with van der Waals surface area (Å²) >= 11 is 0. The van der Waals surface area contributed by atoms with E-state index in [1.807, 2.05) is 48.5 Å². The van der Waals surface area contributed by atoms with E-state index in [0.29, 0.717) is 54.9 Å². The lowest BCUT2D eigenvalue weighted by molar-refractivity contribution is 0.0526. The van der Waals surface area contributed by atoms with Gasteiger partial charge in [-0.15, -0.1) is 0 Å². The van der Waals surface area contributed by atoms with E-state index < -0.39 is 5.97 Å². The van der Waals surface area contributed by atoms with Crippen LogP contribution in [0, 0.1) is 0 Å². The molecule has 0 aromatic heterocycles. The maximum absolute atomic E-state index is 12.1. The van der Waals surface area contributed by atoms with Gasteiger partial charge >= 0.3 is 5.97 Å². The number of methoxy groups -OCH3 is 1. The Bertz CT molecular complexity index is 1540. The van der Waals surface area contributed by atoms with Crippen molar-refractivity contribution in [1.29, 1.82) is 0 Å². The number of hydrogen-bond acceptors (Lipinski definition) is 8. The van der Waals surface area contributed by atoms with E-state index in [1.165, 1.54) is 5.56 Å². The molecule has 0 bridgehead atoms. The number of esters is 1. The van der Waals surface area contributed by atoms with Gasteiger partial charge in [0.15, 0.2) is 11.5 Å². The fourth-order valence-corrected chi connectivity index (χ4v) is 4.61. The molecule has 8 nitrogen and oxygen atoms in total. The third-order valence-electron chi connectivity index (χ3n) is 6.86. The first-order valence-corrected chi connectivity index (χ1v) is 14.6. The maximum atomic E-state index is 12.1. The Morgan fingerprint density at radius 1 is 0.795 bits per heavy atom. The van der Waals surface area contributed by atoms with E-state index in [-0.39, 0.29) is 6.61 Å². The van der Waals surface area contributed by atoms with Crippen molar-refractivity contribution in [2.75, 3.05) is 37.5 Å². The Morgan fingerprint density at radius 2 is 1.48 bits per heavy atom. The number of carbonyl (C=O) groups excluding carboxylic acids is 1. The molecule has 4 aromatic rings. The predicted molar refractivity (Wildman–Crippen MR) is 174 cm³/mol. The van der Waals surface area contributed by atoms with Gasteiger partial charge in [-0.25, -0.2) is 4.79 Å². The summed E-state index contributed by atoms with van der Waals surface area (Å²) in [7, 11) is 1.62. The van der Waals surface area contributed by atoms with Crippen molar-refractivity contribution in [3.63, 3.8) is 0 Å². The molecule has 0 aliphatic heterocycles. The largest absolute Gasteiger partial charge is 0.493 e. The lowest BCUT2D eigenvalue weighted by Gasteiger charge is -2.26. The van der Waals surface area contributed by atoms with Crippen molar-refractivity contribution in [3.05, 3.63) is 120 Å². The number of anilines is 2. The first-order valence-electron chi connectivity index (χ1n) is 14.6. The minimum atomic E-state index is -0.417. The molecule has 8 heteroatoms. The molecule has 0 spiro atoms. The van der Waals surface area contributed by atoms with E-state index >= 15 is 0 Å². The lowest BCUT2D eigenvalue weighted by Crippen LogP contribution is -2.23. The van der Waals surface area contributed by atoms with Crippen LogP contribution < -0.4 is 29.6 Å². The summed E-state index contributed by atoms with van der Waals surface area (Å²) in [4.78, 5) is 14.3. The molecule has 44 heavy (non-hydrogen) atoms. The van der Waals surface area contributed by atoms with Crippen LogP contribution in [0.2, 0.25) is 0 Å². The molecule has 4 aromatic carbocycles. The van der Waals surface area contributed by atoms with Gasteiger partial charge in [-0.05, 0) is 73.0 Å². The fraction of sp³-hybridized carbons (Fsp3) is 0.250. The number of ether oxygens (including phenoxy) is 5. The Labute approximate surface area is 259 Å². The smallest absolute Gasteiger partial charge is 0.338 e. The second kappa shape index (κ2) is 15.9. The highest BCUT2D eigenvalue weighted by Gasteiger charge is 2.16. The van der Waals surface area contributed by atoms with Crippen LogP contribution in [0.3, 0.4) is 0 Å². The summed E-state index contributed by atoms with van der Waals surface area (Å²) in [5.74, 6) is 2.10. The number of nitrogen functional groups attached to an aromatic ring is 1. The van der Waals surface area contributed by atoms with Gasteiger partial charge in [0.2, 0.25) is 0 Å². The second-order valence-electron chi connectivity index (χ2n) is 9.94. The fourth-order valence-electron chi connectivity index (χ4n) is 4.61. The maximum Gasteiger partial charge on any atom is 0.338 e. The van der Waals surface area contributed by atoms with Crippen LogP contribution in [-0.4, -0.2) is 32.8 Å². The number of carbonyl (C=O) groups is 1.